The van der Waals surface area contributed by atoms with Gasteiger partial charge in [0.25, 0.3) is 0 Å². The Morgan fingerprint density at radius 1 is 1.33 bits per heavy atom. The zero-order valence-electron chi connectivity index (χ0n) is 9.96. The number of carbonyl (C=O) groups is 1. The highest BCUT2D eigenvalue weighted by Gasteiger charge is 2.24. The third-order valence-electron chi connectivity index (χ3n) is 1.77. The van der Waals surface area contributed by atoms with Crippen LogP contribution in [0.1, 0.15) is 6.92 Å². The Morgan fingerprint density at radius 3 is 2.40 bits per heavy atom. The van der Waals surface area contributed by atoms with Gasteiger partial charge in [-0.3, -0.25) is 4.79 Å². The third kappa shape index (κ3) is 7.30. The van der Waals surface area contributed by atoms with E-state index in [2.05, 4.69) is 6.58 Å². The summed E-state index contributed by atoms with van der Waals surface area (Å²) in [5, 5.41) is 0. The van der Waals surface area contributed by atoms with Crippen molar-refractivity contribution in [1.82, 2.24) is 0 Å². The summed E-state index contributed by atoms with van der Waals surface area (Å²) in [7, 11) is -0.234. The SMILES string of the molecule is C=C(OC[Si](C)(C)OCCOC)C(C)=O. The van der Waals surface area contributed by atoms with Gasteiger partial charge in [-0.1, -0.05) is 6.58 Å². The molecule has 0 radical (unpaired) electrons. The topological polar surface area (TPSA) is 44.8 Å². The lowest BCUT2D eigenvalue weighted by molar-refractivity contribution is -0.116. The maximum atomic E-state index is 10.9. The summed E-state index contributed by atoms with van der Waals surface area (Å²) in [5.41, 5.74) is 0. The molecule has 0 aliphatic rings. The van der Waals surface area contributed by atoms with E-state index in [0.29, 0.717) is 19.4 Å². The molecular formula is C10H20O4Si. The number of methoxy groups -OCH3 is 1. The van der Waals surface area contributed by atoms with E-state index in [-0.39, 0.29) is 11.5 Å². The van der Waals surface area contributed by atoms with E-state index in [4.69, 9.17) is 13.9 Å². The minimum Gasteiger partial charge on any atom is -0.491 e. The van der Waals surface area contributed by atoms with Crippen LogP contribution in [0, 0.1) is 0 Å². The van der Waals surface area contributed by atoms with Crippen LogP contribution in [0.5, 0.6) is 0 Å². The van der Waals surface area contributed by atoms with Crippen molar-refractivity contribution >= 4 is 14.1 Å². The third-order valence-corrected chi connectivity index (χ3v) is 3.59. The highest BCUT2D eigenvalue weighted by molar-refractivity contribution is 6.71. The van der Waals surface area contributed by atoms with Crippen LogP contribution < -0.4 is 0 Å². The summed E-state index contributed by atoms with van der Waals surface area (Å²) < 4.78 is 15.8. The number of ether oxygens (including phenoxy) is 2. The van der Waals surface area contributed by atoms with Gasteiger partial charge in [-0.25, -0.2) is 0 Å². The minimum absolute atomic E-state index is 0.142. The normalized spacial score (nSPS) is 11.2. The van der Waals surface area contributed by atoms with Gasteiger partial charge in [-0.15, -0.1) is 0 Å². The van der Waals surface area contributed by atoms with Crippen molar-refractivity contribution in [3.05, 3.63) is 12.3 Å². The molecule has 0 unspecified atom stereocenters. The summed E-state index contributed by atoms with van der Waals surface area (Å²) in [6.07, 6.45) is 0.440. The first-order valence-corrected chi connectivity index (χ1v) is 7.96. The fraction of sp³-hybridized carbons (Fsp3) is 0.700. The van der Waals surface area contributed by atoms with E-state index >= 15 is 0 Å². The summed E-state index contributed by atoms with van der Waals surface area (Å²) >= 11 is 0. The Morgan fingerprint density at radius 2 is 1.93 bits per heavy atom. The number of allylic oxidation sites excluding steroid dienone is 1. The standard InChI is InChI=1S/C10H20O4Si/c1-9(11)10(2)13-8-15(4,5)14-7-6-12-3/h2,6-8H2,1,3-5H3. The van der Waals surface area contributed by atoms with Gasteiger partial charge in [0.2, 0.25) is 8.32 Å². The Labute approximate surface area is 92.3 Å². The molecule has 5 heteroatoms. The second kappa shape index (κ2) is 6.76. The second-order valence-corrected chi connectivity index (χ2v) is 7.97. The van der Waals surface area contributed by atoms with Gasteiger partial charge in [0.05, 0.1) is 13.2 Å². The Hall–Kier alpha value is -0.653. The van der Waals surface area contributed by atoms with Crippen LogP contribution in [-0.4, -0.2) is 40.7 Å². The molecule has 0 aliphatic carbocycles. The highest BCUT2D eigenvalue weighted by atomic mass is 28.4. The number of carbonyl (C=O) groups excluding carboxylic acids is 1. The molecule has 0 atom stereocenters. The van der Waals surface area contributed by atoms with Crippen molar-refractivity contribution in [3.8, 4) is 0 Å². The molecule has 15 heavy (non-hydrogen) atoms. The highest BCUT2D eigenvalue weighted by Crippen LogP contribution is 2.07. The lowest BCUT2D eigenvalue weighted by Gasteiger charge is -2.22. The molecule has 0 heterocycles. The van der Waals surface area contributed by atoms with E-state index in [1.54, 1.807) is 7.11 Å². The molecule has 0 bridgehead atoms. The molecule has 0 aliphatic heterocycles. The summed E-state index contributed by atoms with van der Waals surface area (Å²) in [5.74, 6) is 0.0580. The average Bonchev–Trinajstić information content (AvgIpc) is 2.14. The van der Waals surface area contributed by atoms with Gasteiger partial charge in [0.1, 0.15) is 6.23 Å². The number of ketones is 1. The zero-order valence-corrected chi connectivity index (χ0v) is 11.0. The summed E-state index contributed by atoms with van der Waals surface area (Å²) in [6.45, 7) is 10.1. The van der Waals surface area contributed by atoms with E-state index in [9.17, 15) is 4.79 Å². The van der Waals surface area contributed by atoms with Crippen molar-refractivity contribution < 1.29 is 18.7 Å². The fourth-order valence-corrected chi connectivity index (χ4v) is 2.05. The van der Waals surface area contributed by atoms with Gasteiger partial charge in [-0.2, -0.15) is 0 Å². The summed E-state index contributed by atoms with van der Waals surface area (Å²) in [6, 6.07) is 0. The van der Waals surface area contributed by atoms with E-state index < -0.39 is 8.32 Å². The van der Waals surface area contributed by atoms with Crippen molar-refractivity contribution in [2.45, 2.75) is 20.0 Å². The molecule has 0 saturated heterocycles. The molecule has 88 valence electrons. The Bertz CT molecular complexity index is 225. The zero-order chi connectivity index (χ0) is 11.9. The van der Waals surface area contributed by atoms with Gasteiger partial charge >= 0.3 is 0 Å². The van der Waals surface area contributed by atoms with Crippen LogP contribution in [0.2, 0.25) is 13.1 Å². The number of Topliss-reactive ketones (excluding diaryl/α,β-unsaturated/α-hetero) is 1. The first kappa shape index (κ1) is 14.3. The monoisotopic (exact) mass is 232 g/mol. The molecule has 0 amide bonds. The number of rotatable bonds is 8. The van der Waals surface area contributed by atoms with Crippen LogP contribution in [0.25, 0.3) is 0 Å². The predicted molar refractivity (Wildman–Crippen MR) is 61.1 cm³/mol. The van der Waals surface area contributed by atoms with Crippen molar-refractivity contribution in [2.75, 3.05) is 26.6 Å². The molecule has 0 aromatic heterocycles. The van der Waals surface area contributed by atoms with Crippen molar-refractivity contribution in [3.63, 3.8) is 0 Å². The van der Waals surface area contributed by atoms with Crippen LogP contribution >= 0.6 is 0 Å². The molecular weight excluding hydrogens is 212 g/mol. The molecule has 0 N–H and O–H groups in total. The molecule has 0 saturated carbocycles. The lowest BCUT2D eigenvalue weighted by Crippen LogP contribution is -2.38. The average molecular weight is 232 g/mol. The summed E-state index contributed by atoms with van der Waals surface area (Å²) in [4.78, 5) is 10.9. The van der Waals surface area contributed by atoms with E-state index in [1.165, 1.54) is 6.92 Å². The first-order chi connectivity index (χ1) is 6.89. The number of hydrogen-bond donors (Lipinski definition) is 0. The molecule has 0 aromatic carbocycles. The van der Waals surface area contributed by atoms with Gasteiger partial charge in [-0.05, 0) is 13.1 Å². The molecule has 0 aromatic rings. The lowest BCUT2D eigenvalue weighted by atomic mass is 10.4. The molecule has 0 rings (SSSR count). The van der Waals surface area contributed by atoms with E-state index in [0.717, 1.165) is 0 Å². The maximum Gasteiger partial charge on any atom is 0.224 e. The first-order valence-electron chi connectivity index (χ1n) is 4.84. The van der Waals surface area contributed by atoms with Crippen molar-refractivity contribution in [2.24, 2.45) is 0 Å². The molecule has 0 spiro atoms. The Kier molecular flexibility index (Phi) is 6.47. The molecule has 0 fully saturated rings. The Balaban J connectivity index is 3.82. The predicted octanol–water partition coefficient (Wildman–Crippen LogP) is 1.51. The van der Waals surface area contributed by atoms with Crippen LogP contribution in [0.3, 0.4) is 0 Å². The van der Waals surface area contributed by atoms with Crippen LogP contribution in [0.4, 0.5) is 0 Å². The van der Waals surface area contributed by atoms with Gasteiger partial charge in [0, 0.05) is 14.0 Å². The maximum absolute atomic E-state index is 10.9. The minimum atomic E-state index is -1.86. The van der Waals surface area contributed by atoms with E-state index in [1.807, 2.05) is 13.1 Å². The molecule has 4 nitrogen and oxygen atoms in total. The second-order valence-electron chi connectivity index (χ2n) is 3.87. The van der Waals surface area contributed by atoms with Crippen molar-refractivity contribution in [1.29, 1.82) is 0 Å². The fourth-order valence-electron chi connectivity index (χ4n) is 0.806. The van der Waals surface area contributed by atoms with Gasteiger partial charge in [0.15, 0.2) is 11.5 Å². The van der Waals surface area contributed by atoms with Crippen LogP contribution in [0.15, 0.2) is 12.3 Å². The quantitative estimate of drug-likeness (QED) is 0.275. The number of hydrogen-bond acceptors (Lipinski definition) is 4. The smallest absolute Gasteiger partial charge is 0.224 e. The largest absolute Gasteiger partial charge is 0.491 e. The van der Waals surface area contributed by atoms with Crippen LogP contribution in [-0.2, 0) is 18.7 Å². The van der Waals surface area contributed by atoms with Gasteiger partial charge < -0.3 is 13.9 Å².